The van der Waals surface area contributed by atoms with Crippen molar-refractivity contribution in [3.05, 3.63) is 35.4 Å². The molecule has 0 radical (unpaired) electrons. The monoisotopic (exact) mass is 551 g/mol. The first-order valence-electron chi connectivity index (χ1n) is 14.9. The Morgan fingerprint density at radius 1 is 1.12 bits per heavy atom. The fraction of sp³-hybridized carbons (Fsp3) is 0.710. The summed E-state index contributed by atoms with van der Waals surface area (Å²) in [5.41, 5.74) is 2.35. The lowest BCUT2D eigenvalue weighted by molar-refractivity contribution is -0.199. The molecule has 2 heterocycles. The van der Waals surface area contributed by atoms with Crippen LogP contribution in [0.25, 0.3) is 0 Å². The van der Waals surface area contributed by atoms with Crippen molar-refractivity contribution < 1.29 is 23.7 Å². The molecule has 2 N–H and O–H groups in total. The molecule has 2 bridgehead atoms. The van der Waals surface area contributed by atoms with Gasteiger partial charge in [-0.05, 0) is 72.5 Å². The van der Waals surface area contributed by atoms with Crippen LogP contribution in [0.4, 0.5) is 0 Å². The molecule has 1 aromatic carbocycles. The summed E-state index contributed by atoms with van der Waals surface area (Å²) in [6, 6.07) is 7.64. The maximum atomic E-state index is 13.3. The second kappa shape index (κ2) is 10.5. The van der Waals surface area contributed by atoms with E-state index in [1.807, 2.05) is 24.3 Å². The highest BCUT2D eigenvalue weighted by Gasteiger charge is 2.68. The van der Waals surface area contributed by atoms with Crippen LogP contribution >= 0.6 is 0 Å². The zero-order valence-electron chi connectivity index (χ0n) is 25.4. The molecule has 1 unspecified atom stereocenters. The van der Waals surface area contributed by atoms with E-state index in [1.165, 1.54) is 12.0 Å². The van der Waals surface area contributed by atoms with Gasteiger partial charge in [0.05, 0.1) is 29.9 Å². The molecular weight excluding hydrogens is 505 g/mol. The molecule has 0 spiro atoms. The molecule has 1 saturated heterocycles. The number of benzene rings is 1. The maximum Gasteiger partial charge on any atom is 0.481 e. The van der Waals surface area contributed by atoms with Gasteiger partial charge in [-0.25, -0.2) is 0 Å². The van der Waals surface area contributed by atoms with Crippen LogP contribution in [0.1, 0.15) is 97.0 Å². The molecule has 2 aliphatic heterocycles. The SMILES string of the molecule is CC(C)C[C@H](NC(=O)C1CC(CNC(=O)c2ccc(C(C)(C)C)cc2)=NO1)B1O[C@@H]2C[C@@H]3C[C@@H](C3(C)C)[C@]2(C)O1. The van der Waals surface area contributed by atoms with E-state index in [2.05, 4.69) is 71.2 Å². The summed E-state index contributed by atoms with van der Waals surface area (Å²) in [4.78, 5) is 31.4. The summed E-state index contributed by atoms with van der Waals surface area (Å²) < 4.78 is 13.2. The number of rotatable bonds is 8. The summed E-state index contributed by atoms with van der Waals surface area (Å²) in [5.74, 6) is 0.789. The average Bonchev–Trinajstić information content (AvgIpc) is 3.50. The quantitative estimate of drug-likeness (QED) is 0.458. The lowest BCUT2D eigenvalue weighted by Gasteiger charge is -2.64. The van der Waals surface area contributed by atoms with Gasteiger partial charge in [0.1, 0.15) is 0 Å². The molecular formula is C31H46BN3O5. The second-order valence-corrected chi connectivity index (χ2v) is 14.5. The van der Waals surface area contributed by atoms with Crippen molar-refractivity contribution in [1.29, 1.82) is 0 Å². The molecule has 3 aliphatic carbocycles. The van der Waals surface area contributed by atoms with Gasteiger partial charge in [0.2, 0.25) is 6.10 Å². The van der Waals surface area contributed by atoms with Crippen LogP contribution in [-0.4, -0.2) is 54.9 Å². The van der Waals surface area contributed by atoms with Crippen molar-refractivity contribution in [1.82, 2.24) is 10.6 Å². The van der Waals surface area contributed by atoms with Gasteiger partial charge in [-0.1, -0.05) is 65.8 Å². The van der Waals surface area contributed by atoms with Gasteiger partial charge in [0.25, 0.3) is 11.8 Å². The van der Waals surface area contributed by atoms with Crippen LogP contribution in [0.2, 0.25) is 0 Å². The molecule has 6 rings (SSSR count). The molecule has 1 aromatic rings. The predicted octanol–water partition coefficient (Wildman–Crippen LogP) is 4.66. The van der Waals surface area contributed by atoms with Gasteiger partial charge in [0.15, 0.2) is 0 Å². The molecule has 9 heteroatoms. The number of carbonyl (C=O) groups is 2. The molecule has 0 aromatic heterocycles. The zero-order valence-corrected chi connectivity index (χ0v) is 25.4. The van der Waals surface area contributed by atoms with Crippen LogP contribution in [0, 0.1) is 23.2 Å². The highest BCUT2D eigenvalue weighted by Crippen LogP contribution is 2.65. The van der Waals surface area contributed by atoms with Gasteiger partial charge in [0, 0.05) is 12.0 Å². The topological polar surface area (TPSA) is 98.3 Å². The Bertz CT molecular complexity index is 1160. The number of carbonyl (C=O) groups excluding carboxylic acids is 2. The van der Waals surface area contributed by atoms with Crippen LogP contribution in [0.15, 0.2) is 29.4 Å². The number of amides is 2. The minimum Gasteiger partial charge on any atom is -0.404 e. The third-order valence-corrected chi connectivity index (χ3v) is 9.84. The molecule has 4 fully saturated rings. The summed E-state index contributed by atoms with van der Waals surface area (Å²) in [6.07, 6.45) is 2.58. The van der Waals surface area contributed by atoms with Crippen molar-refractivity contribution >= 4 is 24.6 Å². The normalized spacial score (nSPS) is 31.1. The highest BCUT2D eigenvalue weighted by atomic mass is 16.7. The van der Waals surface area contributed by atoms with Crippen molar-refractivity contribution in [2.45, 2.75) is 110 Å². The summed E-state index contributed by atoms with van der Waals surface area (Å²) in [7, 11) is -0.484. The van der Waals surface area contributed by atoms with Gasteiger partial charge in [-0.2, -0.15) is 0 Å². The summed E-state index contributed by atoms with van der Waals surface area (Å²) in [6.45, 7) is 17.8. The van der Waals surface area contributed by atoms with E-state index in [0.717, 1.165) is 12.8 Å². The van der Waals surface area contributed by atoms with E-state index in [4.69, 9.17) is 14.1 Å². The van der Waals surface area contributed by atoms with Gasteiger partial charge in [-0.15, -0.1) is 0 Å². The van der Waals surface area contributed by atoms with Crippen molar-refractivity contribution in [3.63, 3.8) is 0 Å². The van der Waals surface area contributed by atoms with Crippen LogP contribution < -0.4 is 10.6 Å². The van der Waals surface area contributed by atoms with E-state index in [1.54, 1.807) is 0 Å². The molecule has 8 nitrogen and oxygen atoms in total. The number of nitrogens with zero attached hydrogens (tertiary/aromatic N) is 1. The Morgan fingerprint density at radius 2 is 1.82 bits per heavy atom. The number of oxime groups is 1. The number of hydrogen-bond donors (Lipinski definition) is 2. The fourth-order valence-electron chi connectivity index (χ4n) is 7.17. The van der Waals surface area contributed by atoms with E-state index in [9.17, 15) is 9.59 Å². The molecule has 40 heavy (non-hydrogen) atoms. The lowest BCUT2D eigenvalue weighted by Crippen LogP contribution is -2.65. The zero-order chi connectivity index (χ0) is 29.0. The minimum absolute atomic E-state index is 0.0259. The average molecular weight is 552 g/mol. The predicted molar refractivity (Wildman–Crippen MR) is 156 cm³/mol. The molecule has 6 atom stereocenters. The second-order valence-electron chi connectivity index (χ2n) is 14.5. The number of nitrogens with one attached hydrogen (secondary N) is 2. The maximum absolute atomic E-state index is 13.3. The lowest BCUT2D eigenvalue weighted by atomic mass is 9.43. The Hall–Kier alpha value is -2.39. The van der Waals surface area contributed by atoms with E-state index < -0.39 is 13.2 Å². The first-order chi connectivity index (χ1) is 18.7. The summed E-state index contributed by atoms with van der Waals surface area (Å²) >= 11 is 0. The van der Waals surface area contributed by atoms with Gasteiger partial charge < -0.3 is 24.8 Å². The Balaban J connectivity index is 1.14. The molecule has 3 saturated carbocycles. The van der Waals surface area contributed by atoms with Gasteiger partial charge >= 0.3 is 7.12 Å². The van der Waals surface area contributed by atoms with Crippen LogP contribution in [0.5, 0.6) is 0 Å². The van der Waals surface area contributed by atoms with Crippen molar-refractivity contribution in [2.75, 3.05) is 6.54 Å². The standard InChI is InChI=1S/C31H46BN3O5/c1-18(2)13-26(32-38-25-15-21-14-24(30(21,6)7)31(25,8)40-32)34-28(37)23-16-22(35-39-23)17-33-27(36)19-9-11-20(12-10-19)29(3,4)5/h9-12,18,21,23-26H,13-17H2,1-8H3,(H,33,36)(H,34,37)/t21-,23?,24-,25+,26-,31-/m0/s1. The molecule has 5 aliphatic rings. The Labute approximate surface area is 239 Å². The third kappa shape index (κ3) is 5.43. The largest absolute Gasteiger partial charge is 0.481 e. The van der Waals surface area contributed by atoms with Gasteiger partial charge in [-0.3, -0.25) is 9.59 Å². The first kappa shape index (κ1) is 29.1. The van der Waals surface area contributed by atoms with Crippen LogP contribution in [-0.2, 0) is 24.4 Å². The van der Waals surface area contributed by atoms with Crippen molar-refractivity contribution in [2.24, 2.45) is 28.3 Å². The first-order valence-corrected chi connectivity index (χ1v) is 14.9. The van der Waals surface area contributed by atoms with E-state index >= 15 is 0 Å². The smallest absolute Gasteiger partial charge is 0.404 e. The third-order valence-electron chi connectivity index (χ3n) is 9.84. The molecule has 2 amide bonds. The highest BCUT2D eigenvalue weighted by molar-refractivity contribution is 6.48. The Morgan fingerprint density at radius 3 is 2.45 bits per heavy atom. The van der Waals surface area contributed by atoms with E-state index in [-0.39, 0.29) is 46.8 Å². The number of hydrogen-bond acceptors (Lipinski definition) is 6. The summed E-state index contributed by atoms with van der Waals surface area (Å²) in [5, 5.41) is 10.2. The van der Waals surface area contributed by atoms with Crippen molar-refractivity contribution in [3.8, 4) is 0 Å². The fourth-order valence-corrected chi connectivity index (χ4v) is 7.17. The van der Waals surface area contributed by atoms with Crippen LogP contribution in [0.3, 0.4) is 0 Å². The minimum atomic E-state index is -0.737. The van der Waals surface area contributed by atoms with E-state index in [0.29, 0.717) is 35.4 Å². The molecule has 218 valence electrons. The Kier molecular flexibility index (Phi) is 7.62.